The Morgan fingerprint density at radius 1 is 1.28 bits per heavy atom. The molecule has 1 aromatic carbocycles. The average molecular weight is 410 g/mol. The van der Waals surface area contributed by atoms with Crippen LogP contribution in [-0.4, -0.2) is 35.6 Å². The minimum atomic E-state index is -0.0997. The molecular formula is C23H27N3O2S. The number of aromatic nitrogens is 2. The summed E-state index contributed by atoms with van der Waals surface area (Å²) in [5.74, 6) is 1.24. The lowest BCUT2D eigenvalue weighted by Crippen LogP contribution is -2.40. The van der Waals surface area contributed by atoms with Crippen molar-refractivity contribution in [3.05, 3.63) is 41.5 Å². The molecule has 1 aliphatic rings. The van der Waals surface area contributed by atoms with Crippen molar-refractivity contribution in [2.45, 2.75) is 39.5 Å². The number of ether oxygens (including phenoxy) is 1. The summed E-state index contributed by atoms with van der Waals surface area (Å²) in [5, 5.41) is 3.25. The highest BCUT2D eigenvalue weighted by Crippen LogP contribution is 2.39. The van der Waals surface area contributed by atoms with Crippen molar-refractivity contribution in [1.82, 2.24) is 9.97 Å². The third kappa shape index (κ3) is 3.99. The predicted octanol–water partition coefficient (Wildman–Crippen LogP) is 5.26. The van der Waals surface area contributed by atoms with Gasteiger partial charge >= 0.3 is 5.97 Å². The summed E-state index contributed by atoms with van der Waals surface area (Å²) in [6.45, 7) is 8.23. The quantitative estimate of drug-likeness (QED) is 0.538. The summed E-state index contributed by atoms with van der Waals surface area (Å²) < 4.78 is 5.27. The van der Waals surface area contributed by atoms with E-state index in [1.54, 1.807) is 17.7 Å². The van der Waals surface area contributed by atoms with Gasteiger partial charge in [0.05, 0.1) is 17.9 Å². The average Bonchev–Trinajstić information content (AvgIpc) is 3.18. The first-order valence-electron chi connectivity index (χ1n) is 10.3. The van der Waals surface area contributed by atoms with Crippen molar-refractivity contribution >= 4 is 33.3 Å². The number of nitrogens with zero attached hydrogens (tertiary/aromatic N) is 3. The molecular weight excluding hydrogens is 382 g/mol. The normalized spacial score (nSPS) is 17.1. The fourth-order valence-electron chi connectivity index (χ4n) is 3.98. The molecule has 3 aromatic rings. The SMILES string of the molecule is CCOC(=O)C1CCCN(c2ncnc3scc(-c4ccc(C(C)C)cc4)c23)C1. The van der Waals surface area contributed by atoms with Gasteiger partial charge in [0.15, 0.2) is 0 Å². The van der Waals surface area contributed by atoms with E-state index >= 15 is 0 Å². The smallest absolute Gasteiger partial charge is 0.310 e. The van der Waals surface area contributed by atoms with E-state index in [0.29, 0.717) is 19.1 Å². The number of hydrogen-bond acceptors (Lipinski definition) is 6. The van der Waals surface area contributed by atoms with Crippen molar-refractivity contribution in [3.63, 3.8) is 0 Å². The lowest BCUT2D eigenvalue weighted by molar-refractivity contribution is -0.148. The molecule has 1 saturated heterocycles. The minimum absolute atomic E-state index is 0.0962. The molecule has 5 nitrogen and oxygen atoms in total. The van der Waals surface area contributed by atoms with E-state index in [4.69, 9.17) is 4.74 Å². The number of piperidine rings is 1. The highest BCUT2D eigenvalue weighted by Gasteiger charge is 2.29. The second kappa shape index (κ2) is 8.49. The maximum Gasteiger partial charge on any atom is 0.310 e. The lowest BCUT2D eigenvalue weighted by Gasteiger charge is -2.32. The van der Waals surface area contributed by atoms with E-state index in [1.807, 2.05) is 6.92 Å². The van der Waals surface area contributed by atoms with Crippen molar-refractivity contribution in [1.29, 1.82) is 0 Å². The van der Waals surface area contributed by atoms with Crippen LogP contribution in [0.15, 0.2) is 36.0 Å². The molecule has 1 unspecified atom stereocenters. The molecule has 1 fully saturated rings. The van der Waals surface area contributed by atoms with Crippen molar-refractivity contribution in [2.24, 2.45) is 5.92 Å². The van der Waals surface area contributed by atoms with Crippen LogP contribution in [-0.2, 0) is 9.53 Å². The maximum atomic E-state index is 12.3. The third-order valence-corrected chi connectivity index (χ3v) is 6.47. The highest BCUT2D eigenvalue weighted by molar-refractivity contribution is 7.17. The Morgan fingerprint density at radius 3 is 2.79 bits per heavy atom. The van der Waals surface area contributed by atoms with E-state index in [-0.39, 0.29) is 11.9 Å². The number of esters is 1. The molecule has 0 saturated carbocycles. The first kappa shape index (κ1) is 19.8. The van der Waals surface area contributed by atoms with Crippen LogP contribution in [0.4, 0.5) is 5.82 Å². The molecule has 3 heterocycles. The van der Waals surface area contributed by atoms with Crippen molar-refractivity contribution in [3.8, 4) is 11.1 Å². The van der Waals surface area contributed by atoms with Gasteiger partial charge in [-0.1, -0.05) is 38.1 Å². The lowest BCUT2D eigenvalue weighted by atomic mass is 9.97. The van der Waals surface area contributed by atoms with Gasteiger partial charge in [0.2, 0.25) is 0 Å². The van der Waals surface area contributed by atoms with Crippen LogP contribution < -0.4 is 4.90 Å². The zero-order chi connectivity index (χ0) is 20.4. The molecule has 0 aliphatic carbocycles. The number of rotatable bonds is 5. The van der Waals surface area contributed by atoms with Crippen LogP contribution in [0.25, 0.3) is 21.3 Å². The van der Waals surface area contributed by atoms with E-state index < -0.39 is 0 Å². The molecule has 1 atom stereocenters. The Morgan fingerprint density at radius 2 is 2.07 bits per heavy atom. The molecule has 4 rings (SSSR count). The number of benzene rings is 1. The van der Waals surface area contributed by atoms with Gasteiger partial charge in [-0.25, -0.2) is 9.97 Å². The number of thiophene rings is 1. The van der Waals surface area contributed by atoms with Gasteiger partial charge < -0.3 is 9.64 Å². The standard InChI is InChI=1S/C23H27N3O2S/c1-4-28-23(27)18-6-5-11-26(12-18)21-20-19(13-29-22(20)25-14-24-21)17-9-7-16(8-10-17)15(2)3/h7-10,13-15,18H,4-6,11-12H2,1-3H3. The monoisotopic (exact) mass is 409 g/mol. The second-order valence-electron chi connectivity index (χ2n) is 7.84. The molecule has 0 spiro atoms. The van der Waals surface area contributed by atoms with E-state index in [1.165, 1.54) is 11.1 Å². The highest BCUT2D eigenvalue weighted by atomic mass is 32.1. The number of fused-ring (bicyclic) bond motifs is 1. The summed E-state index contributed by atoms with van der Waals surface area (Å²) in [4.78, 5) is 24.6. The molecule has 0 N–H and O–H groups in total. The topological polar surface area (TPSA) is 55.3 Å². The van der Waals surface area contributed by atoms with Crippen LogP contribution in [0.5, 0.6) is 0 Å². The summed E-state index contributed by atoms with van der Waals surface area (Å²) >= 11 is 1.64. The molecule has 29 heavy (non-hydrogen) atoms. The Labute approximate surface area is 175 Å². The van der Waals surface area contributed by atoms with Crippen LogP contribution in [0.2, 0.25) is 0 Å². The predicted molar refractivity (Wildman–Crippen MR) is 119 cm³/mol. The molecule has 0 radical (unpaired) electrons. The first-order valence-corrected chi connectivity index (χ1v) is 11.2. The van der Waals surface area contributed by atoms with Gasteiger partial charge in [-0.15, -0.1) is 11.3 Å². The van der Waals surface area contributed by atoms with E-state index in [2.05, 4.69) is 58.4 Å². The zero-order valence-electron chi connectivity index (χ0n) is 17.2. The first-order chi connectivity index (χ1) is 14.1. The molecule has 1 aliphatic heterocycles. The third-order valence-electron chi connectivity index (χ3n) is 5.58. The Hall–Kier alpha value is -2.47. The van der Waals surface area contributed by atoms with Gasteiger partial charge in [0.25, 0.3) is 0 Å². The second-order valence-corrected chi connectivity index (χ2v) is 8.70. The van der Waals surface area contributed by atoms with Crippen LogP contribution in [0.1, 0.15) is 45.1 Å². The van der Waals surface area contributed by atoms with Crippen molar-refractivity contribution in [2.75, 3.05) is 24.6 Å². The molecule has 6 heteroatoms. The van der Waals surface area contributed by atoms with E-state index in [0.717, 1.165) is 41.0 Å². The Balaban J connectivity index is 1.70. The number of carbonyl (C=O) groups excluding carboxylic acids is 1. The summed E-state index contributed by atoms with van der Waals surface area (Å²) in [6, 6.07) is 8.77. The number of hydrogen-bond donors (Lipinski definition) is 0. The Kier molecular flexibility index (Phi) is 5.81. The van der Waals surface area contributed by atoms with Gasteiger partial charge in [-0.05, 0) is 36.8 Å². The summed E-state index contributed by atoms with van der Waals surface area (Å²) in [7, 11) is 0. The van der Waals surface area contributed by atoms with Gasteiger partial charge in [-0.2, -0.15) is 0 Å². The van der Waals surface area contributed by atoms with Gasteiger partial charge in [0, 0.05) is 24.0 Å². The van der Waals surface area contributed by atoms with E-state index in [9.17, 15) is 4.79 Å². The van der Waals surface area contributed by atoms with Crippen molar-refractivity contribution < 1.29 is 9.53 Å². The van der Waals surface area contributed by atoms with Gasteiger partial charge in [0.1, 0.15) is 17.0 Å². The minimum Gasteiger partial charge on any atom is -0.466 e. The van der Waals surface area contributed by atoms with Crippen LogP contribution >= 0.6 is 11.3 Å². The molecule has 0 bridgehead atoms. The summed E-state index contributed by atoms with van der Waals surface area (Å²) in [5.41, 5.74) is 3.67. The fourth-order valence-corrected chi connectivity index (χ4v) is 4.89. The largest absolute Gasteiger partial charge is 0.466 e. The number of anilines is 1. The maximum absolute atomic E-state index is 12.3. The molecule has 0 amide bonds. The molecule has 152 valence electrons. The Bertz CT molecular complexity index is 997. The zero-order valence-corrected chi connectivity index (χ0v) is 18.0. The molecule has 2 aromatic heterocycles. The van der Waals surface area contributed by atoms with Crippen LogP contribution in [0, 0.1) is 5.92 Å². The van der Waals surface area contributed by atoms with Gasteiger partial charge in [-0.3, -0.25) is 4.79 Å². The number of carbonyl (C=O) groups is 1. The summed E-state index contributed by atoms with van der Waals surface area (Å²) in [6.07, 6.45) is 3.46. The van der Waals surface area contributed by atoms with Crippen LogP contribution in [0.3, 0.4) is 0 Å². The fraction of sp³-hybridized carbons (Fsp3) is 0.435.